The van der Waals surface area contributed by atoms with E-state index in [0.717, 1.165) is 0 Å². The van der Waals surface area contributed by atoms with Gasteiger partial charge in [-0.05, 0) is 41.5 Å². The average Bonchev–Trinajstić information content (AvgIpc) is 1.59. The van der Waals surface area contributed by atoms with E-state index >= 15 is 0 Å². The van der Waals surface area contributed by atoms with E-state index in [1.54, 1.807) is 0 Å². The molecule has 0 aromatic heterocycles. The highest BCUT2D eigenvalue weighted by Crippen LogP contribution is 2.08. The molecule has 0 saturated carbocycles. The van der Waals surface area contributed by atoms with Crippen molar-refractivity contribution in [2.75, 3.05) is 0 Å². The first-order valence-electron chi connectivity index (χ1n) is 4.24. The topological polar surface area (TPSA) is 3.24 Å². The van der Waals surface area contributed by atoms with E-state index in [9.17, 15) is 0 Å². The van der Waals surface area contributed by atoms with E-state index < -0.39 is 0 Å². The fraction of sp³-hybridized carbons (Fsp3) is 1.00. The summed E-state index contributed by atoms with van der Waals surface area (Å²) in [6.07, 6.45) is 0. The third-order valence-electron chi connectivity index (χ3n) is 1.79. The van der Waals surface area contributed by atoms with Crippen LogP contribution >= 0.6 is 0 Å². The monoisotopic (exact) mass is 157 g/mol. The van der Waals surface area contributed by atoms with Gasteiger partial charge in [-0.15, -0.1) is 0 Å². The van der Waals surface area contributed by atoms with Gasteiger partial charge in [0.1, 0.15) is 0 Å². The van der Waals surface area contributed by atoms with Crippen molar-refractivity contribution < 1.29 is 0 Å². The van der Waals surface area contributed by atoms with Crippen LogP contribution in [0, 0.1) is 0 Å². The Hall–Kier alpha value is 0.0249. The molecule has 0 N–H and O–H groups in total. The van der Waals surface area contributed by atoms with Crippen molar-refractivity contribution in [1.82, 2.24) is 4.90 Å². The average molecular weight is 157 g/mol. The Balaban J connectivity index is 0. The quantitative estimate of drug-likeness (QED) is 0.558. The molecule has 0 saturated heterocycles. The Morgan fingerprint density at radius 1 is 0.636 bits per heavy atom. The zero-order valence-corrected chi connectivity index (χ0v) is 8.18. The van der Waals surface area contributed by atoms with Gasteiger partial charge in [0.05, 0.1) is 8.41 Å². The van der Waals surface area contributed by atoms with Crippen molar-refractivity contribution in [2.24, 2.45) is 0 Å². The van der Waals surface area contributed by atoms with Gasteiger partial charge >= 0.3 is 0 Å². The van der Waals surface area contributed by atoms with Crippen molar-refractivity contribution in [3.8, 4) is 0 Å². The molecule has 1 nitrogen and oxygen atoms in total. The van der Waals surface area contributed by atoms with E-state index in [4.69, 9.17) is 0 Å². The van der Waals surface area contributed by atoms with Crippen molar-refractivity contribution >= 4 is 8.41 Å². The van der Waals surface area contributed by atoms with Crippen LogP contribution in [0.2, 0.25) is 0 Å². The largest absolute Gasteiger partial charge is 0.296 e. The molecule has 0 radical (unpaired) electrons. The summed E-state index contributed by atoms with van der Waals surface area (Å²) in [7, 11) is 0. The van der Waals surface area contributed by atoms with Crippen LogP contribution in [-0.4, -0.2) is 31.4 Å². The summed E-state index contributed by atoms with van der Waals surface area (Å²) in [5.74, 6) is 0. The lowest BCUT2D eigenvalue weighted by Gasteiger charge is -2.34. The van der Waals surface area contributed by atoms with Crippen LogP contribution < -0.4 is 0 Å². The number of nitrogens with zero attached hydrogens (tertiary/aromatic N) is 1. The molecule has 0 fully saturated rings. The standard InChI is InChI=1S/C9H21N.BH3/c1-7(2)10(8(3)4)9(5)6;/h7-9H,1-6H3;1H3. The first-order chi connectivity index (χ1) is 4.46. The Morgan fingerprint density at radius 2 is 0.818 bits per heavy atom. The van der Waals surface area contributed by atoms with Crippen molar-refractivity contribution in [3.05, 3.63) is 0 Å². The molecule has 0 rings (SSSR count). The zero-order chi connectivity index (χ0) is 8.31. The normalized spacial score (nSPS) is 11.5. The molecule has 0 bridgehead atoms. The molecule has 0 aliphatic carbocycles. The minimum Gasteiger partial charge on any atom is -0.296 e. The molecule has 0 unspecified atom stereocenters. The third kappa shape index (κ3) is 4.46. The van der Waals surface area contributed by atoms with Gasteiger partial charge in [0.15, 0.2) is 0 Å². The minimum atomic E-state index is 0. The van der Waals surface area contributed by atoms with Gasteiger partial charge in [-0.2, -0.15) is 0 Å². The second-order valence-electron chi connectivity index (χ2n) is 3.73. The van der Waals surface area contributed by atoms with Crippen molar-refractivity contribution in [2.45, 2.75) is 59.7 Å². The van der Waals surface area contributed by atoms with Crippen LogP contribution in [0.25, 0.3) is 0 Å². The molecule has 0 aromatic carbocycles. The van der Waals surface area contributed by atoms with Gasteiger partial charge in [0, 0.05) is 18.1 Å². The van der Waals surface area contributed by atoms with E-state index in [1.807, 2.05) is 0 Å². The number of rotatable bonds is 3. The molecule has 2 heteroatoms. The lowest BCUT2D eigenvalue weighted by atomic mass is 10.2. The molecule has 68 valence electrons. The summed E-state index contributed by atoms with van der Waals surface area (Å²) in [6.45, 7) is 13.5. The third-order valence-corrected chi connectivity index (χ3v) is 1.79. The summed E-state index contributed by atoms with van der Waals surface area (Å²) in [5, 5.41) is 0. The van der Waals surface area contributed by atoms with Gasteiger partial charge < -0.3 is 0 Å². The van der Waals surface area contributed by atoms with Crippen LogP contribution in [0.4, 0.5) is 0 Å². The molecular weight excluding hydrogens is 133 g/mol. The van der Waals surface area contributed by atoms with E-state index in [0.29, 0.717) is 18.1 Å². The van der Waals surface area contributed by atoms with E-state index in [-0.39, 0.29) is 8.41 Å². The van der Waals surface area contributed by atoms with Gasteiger partial charge in [-0.25, -0.2) is 0 Å². The molecule has 0 spiro atoms. The summed E-state index contributed by atoms with van der Waals surface area (Å²) >= 11 is 0. The fourth-order valence-electron chi connectivity index (χ4n) is 1.79. The highest BCUT2D eigenvalue weighted by atomic mass is 15.2. The maximum absolute atomic E-state index is 2.50. The minimum absolute atomic E-state index is 0. The fourth-order valence-corrected chi connectivity index (χ4v) is 1.79. The molecule has 11 heavy (non-hydrogen) atoms. The smallest absolute Gasteiger partial charge is 0.0814 e. The second-order valence-corrected chi connectivity index (χ2v) is 3.73. The predicted octanol–water partition coefficient (Wildman–Crippen LogP) is 1.33. The molecule has 0 heterocycles. The number of hydrogen-bond acceptors (Lipinski definition) is 1. The summed E-state index contributed by atoms with van der Waals surface area (Å²) in [6, 6.07) is 2.00. The highest BCUT2D eigenvalue weighted by Gasteiger charge is 2.15. The highest BCUT2D eigenvalue weighted by molar-refractivity contribution is 5.75. The van der Waals surface area contributed by atoms with Gasteiger partial charge in [0.25, 0.3) is 0 Å². The van der Waals surface area contributed by atoms with Crippen LogP contribution in [0.1, 0.15) is 41.5 Å². The lowest BCUT2D eigenvalue weighted by Crippen LogP contribution is -2.42. The van der Waals surface area contributed by atoms with Gasteiger partial charge in [-0.1, -0.05) is 0 Å². The van der Waals surface area contributed by atoms with E-state index in [2.05, 4.69) is 46.4 Å². The maximum atomic E-state index is 2.50. The van der Waals surface area contributed by atoms with Gasteiger partial charge in [0.2, 0.25) is 0 Å². The van der Waals surface area contributed by atoms with Crippen molar-refractivity contribution in [1.29, 1.82) is 0 Å². The SMILES string of the molecule is B.CC(C)N(C(C)C)C(C)C. The Kier molecular flexibility index (Phi) is 6.98. The second kappa shape index (κ2) is 5.65. The first kappa shape index (κ1) is 13.6. The Labute approximate surface area is 73.7 Å². The predicted molar refractivity (Wildman–Crippen MR) is 57.2 cm³/mol. The molecule has 0 aromatic rings. The van der Waals surface area contributed by atoms with Crippen molar-refractivity contribution in [3.63, 3.8) is 0 Å². The Morgan fingerprint density at radius 3 is 0.818 bits per heavy atom. The number of hydrogen-bond donors (Lipinski definition) is 0. The lowest BCUT2D eigenvalue weighted by molar-refractivity contribution is 0.133. The van der Waals surface area contributed by atoms with Gasteiger partial charge in [-0.3, -0.25) is 4.90 Å². The van der Waals surface area contributed by atoms with Crippen LogP contribution in [0.15, 0.2) is 0 Å². The molecular formula is C9H24BN. The first-order valence-corrected chi connectivity index (χ1v) is 4.24. The molecule has 0 aliphatic heterocycles. The summed E-state index contributed by atoms with van der Waals surface area (Å²) in [4.78, 5) is 2.50. The summed E-state index contributed by atoms with van der Waals surface area (Å²) < 4.78 is 0. The summed E-state index contributed by atoms with van der Waals surface area (Å²) in [5.41, 5.74) is 0. The molecule has 0 aliphatic rings. The Bertz CT molecular complexity index is 70.5. The van der Waals surface area contributed by atoms with E-state index in [1.165, 1.54) is 0 Å². The van der Waals surface area contributed by atoms with Crippen LogP contribution in [0.5, 0.6) is 0 Å². The van der Waals surface area contributed by atoms with Crippen LogP contribution in [-0.2, 0) is 0 Å². The molecule has 0 amide bonds. The molecule has 0 atom stereocenters. The maximum Gasteiger partial charge on any atom is 0.0814 e. The zero-order valence-electron chi connectivity index (χ0n) is 8.18. The van der Waals surface area contributed by atoms with Crippen LogP contribution in [0.3, 0.4) is 0 Å².